The maximum Gasteiger partial charge on any atom is 0.294 e. The highest BCUT2D eigenvalue weighted by Crippen LogP contribution is 2.28. The van der Waals surface area contributed by atoms with Crippen molar-refractivity contribution in [2.24, 2.45) is 5.10 Å². The Morgan fingerprint density at radius 1 is 1.23 bits per heavy atom. The van der Waals surface area contributed by atoms with E-state index >= 15 is 0 Å². The van der Waals surface area contributed by atoms with Gasteiger partial charge >= 0.3 is 0 Å². The zero-order valence-corrected chi connectivity index (χ0v) is 16.7. The number of nitrogens with zero attached hydrogens (tertiary/aromatic N) is 6. The van der Waals surface area contributed by atoms with E-state index in [1.807, 2.05) is 31.2 Å². The van der Waals surface area contributed by atoms with Gasteiger partial charge in [-0.25, -0.2) is 10.1 Å². The van der Waals surface area contributed by atoms with Crippen molar-refractivity contribution >= 4 is 17.9 Å². The van der Waals surface area contributed by atoms with Gasteiger partial charge in [0, 0.05) is 5.56 Å². The quantitative estimate of drug-likeness (QED) is 0.357. The normalized spacial score (nSPS) is 11.0. The van der Waals surface area contributed by atoms with Gasteiger partial charge in [-0.15, -0.1) is 5.10 Å². The molecule has 0 bridgehead atoms. The number of amides is 1. The summed E-state index contributed by atoms with van der Waals surface area (Å²) in [4.78, 5) is 12.8. The monoisotopic (exact) mass is 418 g/mol. The van der Waals surface area contributed by atoms with E-state index < -0.39 is 5.91 Å². The largest absolute Gasteiger partial charge is 0.497 e. The average molecular weight is 418 g/mol. The molecule has 0 saturated heterocycles. The standard InChI is InChI=1S/C20H18N8O3/c1-12-6-8-13(9-7-12)11-22-24-20(29)16-17(14-4-3-5-15(10-14)30-2)28(27-23-16)19-18(21)25-31-26-19/h3-11H,1-2H3,(H2,21,25)(H,24,29)/b22-11-. The minimum atomic E-state index is -0.567. The molecule has 0 saturated carbocycles. The number of hydrazone groups is 1. The van der Waals surface area contributed by atoms with Crippen molar-refractivity contribution in [2.45, 2.75) is 6.92 Å². The first-order chi connectivity index (χ1) is 15.1. The Labute approximate surface area is 176 Å². The van der Waals surface area contributed by atoms with Crippen LogP contribution in [0.1, 0.15) is 21.6 Å². The molecule has 4 rings (SSSR count). The van der Waals surface area contributed by atoms with Gasteiger partial charge in [0.25, 0.3) is 5.91 Å². The number of nitrogens with two attached hydrogens (primary N) is 1. The molecule has 0 atom stereocenters. The van der Waals surface area contributed by atoms with Crippen molar-refractivity contribution in [1.82, 2.24) is 30.7 Å². The van der Waals surface area contributed by atoms with Crippen LogP contribution in [0, 0.1) is 6.92 Å². The van der Waals surface area contributed by atoms with Crippen LogP contribution in [0.4, 0.5) is 5.82 Å². The number of anilines is 1. The molecule has 0 spiro atoms. The topological polar surface area (TPSA) is 146 Å². The lowest BCUT2D eigenvalue weighted by atomic mass is 10.1. The molecule has 0 fully saturated rings. The molecule has 11 nitrogen and oxygen atoms in total. The lowest BCUT2D eigenvalue weighted by molar-refractivity contribution is 0.0950. The summed E-state index contributed by atoms with van der Waals surface area (Å²) in [5, 5.41) is 19.3. The number of carbonyl (C=O) groups excluding carboxylic acids is 1. The third kappa shape index (κ3) is 4.10. The van der Waals surface area contributed by atoms with Crippen LogP contribution in [0.2, 0.25) is 0 Å². The van der Waals surface area contributed by atoms with Crippen molar-refractivity contribution < 1.29 is 14.2 Å². The van der Waals surface area contributed by atoms with Gasteiger partial charge in [0.15, 0.2) is 5.69 Å². The predicted octanol–water partition coefficient (Wildman–Crippen LogP) is 1.98. The Morgan fingerprint density at radius 3 is 2.74 bits per heavy atom. The van der Waals surface area contributed by atoms with Gasteiger partial charge in [0.1, 0.15) is 11.4 Å². The van der Waals surface area contributed by atoms with Crippen LogP contribution in [-0.2, 0) is 0 Å². The molecule has 0 unspecified atom stereocenters. The molecule has 1 amide bonds. The molecule has 4 aromatic rings. The van der Waals surface area contributed by atoms with E-state index in [0.29, 0.717) is 17.0 Å². The first kappa shape index (κ1) is 19.8. The Hall–Kier alpha value is -4.54. The van der Waals surface area contributed by atoms with E-state index in [9.17, 15) is 4.79 Å². The number of nitrogens with one attached hydrogen (secondary N) is 1. The van der Waals surface area contributed by atoms with Crippen molar-refractivity contribution in [3.63, 3.8) is 0 Å². The summed E-state index contributed by atoms with van der Waals surface area (Å²) < 4.78 is 11.2. The second-order valence-corrected chi connectivity index (χ2v) is 6.51. The number of methoxy groups -OCH3 is 1. The van der Waals surface area contributed by atoms with Crippen molar-refractivity contribution in [3.05, 3.63) is 65.4 Å². The fraction of sp³-hybridized carbons (Fsp3) is 0.100. The zero-order chi connectivity index (χ0) is 21.8. The third-order valence-corrected chi connectivity index (χ3v) is 4.38. The summed E-state index contributed by atoms with van der Waals surface area (Å²) in [6.45, 7) is 1.99. The smallest absolute Gasteiger partial charge is 0.294 e. The van der Waals surface area contributed by atoms with Crippen molar-refractivity contribution in [1.29, 1.82) is 0 Å². The van der Waals surface area contributed by atoms with E-state index in [4.69, 9.17) is 10.5 Å². The number of aryl methyl sites for hydroxylation is 1. The molecule has 2 aromatic carbocycles. The highest BCUT2D eigenvalue weighted by molar-refractivity contribution is 5.98. The fourth-order valence-corrected chi connectivity index (χ4v) is 2.82. The van der Waals surface area contributed by atoms with Gasteiger partial charge < -0.3 is 10.5 Å². The van der Waals surface area contributed by atoms with Gasteiger partial charge in [-0.3, -0.25) is 4.79 Å². The SMILES string of the molecule is COc1cccc(-c2c(C(=O)N/N=C\c3ccc(C)cc3)nnn2-c2nonc2N)c1. The summed E-state index contributed by atoms with van der Waals surface area (Å²) in [5.41, 5.74) is 11.2. The maximum absolute atomic E-state index is 12.8. The Balaban J connectivity index is 1.70. The number of benzene rings is 2. The molecule has 3 N–H and O–H groups in total. The number of ether oxygens (including phenoxy) is 1. The number of hydrogen-bond donors (Lipinski definition) is 2. The van der Waals surface area contributed by atoms with Crippen LogP contribution in [0.5, 0.6) is 5.75 Å². The van der Waals surface area contributed by atoms with Crippen LogP contribution in [-0.4, -0.2) is 44.5 Å². The molecular formula is C20H18N8O3. The van der Waals surface area contributed by atoms with Gasteiger partial charge in [-0.2, -0.15) is 9.78 Å². The molecule has 11 heteroatoms. The van der Waals surface area contributed by atoms with E-state index in [-0.39, 0.29) is 17.3 Å². The van der Waals surface area contributed by atoms with Gasteiger partial charge in [0.05, 0.1) is 13.3 Å². The minimum Gasteiger partial charge on any atom is -0.497 e. The molecule has 31 heavy (non-hydrogen) atoms. The summed E-state index contributed by atoms with van der Waals surface area (Å²) in [5.74, 6) is 0.119. The predicted molar refractivity (Wildman–Crippen MR) is 112 cm³/mol. The van der Waals surface area contributed by atoms with E-state index in [1.165, 1.54) is 10.9 Å². The van der Waals surface area contributed by atoms with Gasteiger partial charge in [-0.05, 0) is 34.9 Å². The third-order valence-electron chi connectivity index (χ3n) is 4.38. The van der Waals surface area contributed by atoms with Crippen molar-refractivity contribution in [3.8, 4) is 22.8 Å². The lowest BCUT2D eigenvalue weighted by Crippen LogP contribution is -2.19. The molecular weight excluding hydrogens is 400 g/mol. The Morgan fingerprint density at radius 2 is 2.03 bits per heavy atom. The summed E-state index contributed by atoms with van der Waals surface area (Å²) in [6, 6.07) is 14.7. The van der Waals surface area contributed by atoms with Crippen LogP contribution in [0.15, 0.2) is 58.3 Å². The van der Waals surface area contributed by atoms with Crippen LogP contribution in [0.3, 0.4) is 0 Å². The molecule has 0 radical (unpaired) electrons. The maximum atomic E-state index is 12.8. The van der Waals surface area contributed by atoms with Gasteiger partial charge in [-0.1, -0.05) is 47.2 Å². The number of carbonyl (C=O) groups is 1. The number of nitrogen functional groups attached to an aromatic ring is 1. The highest BCUT2D eigenvalue weighted by Gasteiger charge is 2.25. The van der Waals surface area contributed by atoms with Crippen LogP contribution >= 0.6 is 0 Å². The Kier molecular flexibility index (Phi) is 5.39. The molecule has 2 heterocycles. The Bertz CT molecular complexity index is 1240. The van der Waals surface area contributed by atoms with Crippen LogP contribution in [0.25, 0.3) is 17.1 Å². The molecule has 0 aliphatic heterocycles. The van der Waals surface area contributed by atoms with E-state index in [2.05, 4.69) is 35.8 Å². The first-order valence-electron chi connectivity index (χ1n) is 9.15. The molecule has 2 aromatic heterocycles. The summed E-state index contributed by atoms with van der Waals surface area (Å²) >= 11 is 0. The second-order valence-electron chi connectivity index (χ2n) is 6.51. The first-order valence-corrected chi connectivity index (χ1v) is 9.15. The summed E-state index contributed by atoms with van der Waals surface area (Å²) in [6.07, 6.45) is 1.53. The molecule has 0 aliphatic carbocycles. The average Bonchev–Trinajstić information content (AvgIpc) is 3.41. The molecule has 0 aliphatic rings. The lowest BCUT2D eigenvalue weighted by Gasteiger charge is -2.07. The second kappa shape index (κ2) is 8.45. The number of hydrogen-bond acceptors (Lipinski definition) is 9. The number of rotatable bonds is 6. The van der Waals surface area contributed by atoms with Crippen molar-refractivity contribution in [2.75, 3.05) is 12.8 Å². The van der Waals surface area contributed by atoms with Gasteiger partial charge in [0.2, 0.25) is 11.6 Å². The van der Waals surface area contributed by atoms with Crippen LogP contribution < -0.4 is 15.9 Å². The minimum absolute atomic E-state index is 0.00149. The fourth-order valence-electron chi connectivity index (χ4n) is 2.82. The molecule has 156 valence electrons. The highest BCUT2D eigenvalue weighted by atomic mass is 16.6. The van der Waals surface area contributed by atoms with E-state index in [1.54, 1.807) is 31.4 Å². The summed E-state index contributed by atoms with van der Waals surface area (Å²) in [7, 11) is 1.54. The van der Waals surface area contributed by atoms with E-state index in [0.717, 1.165) is 11.1 Å². The zero-order valence-electron chi connectivity index (χ0n) is 16.7. The number of aromatic nitrogens is 5.